The summed E-state index contributed by atoms with van der Waals surface area (Å²) in [6.07, 6.45) is 2.58. The Morgan fingerprint density at radius 1 is 1.46 bits per heavy atom. The average molecular weight is 352 g/mol. The molecule has 0 bridgehead atoms. The lowest BCUT2D eigenvalue weighted by Gasteiger charge is -2.12. The molecule has 0 radical (unpaired) electrons. The standard InChI is InChI=1S/C10H11BrIN/c11-9-4-3-7(12)5-8(9)10(13)6-1-2-6/h3-6,10H,1-2,13H2/t10-/m0/s1. The summed E-state index contributed by atoms with van der Waals surface area (Å²) < 4.78 is 2.40. The van der Waals surface area contributed by atoms with Crippen molar-refractivity contribution in [3.8, 4) is 0 Å². The first-order chi connectivity index (χ1) is 6.18. The van der Waals surface area contributed by atoms with E-state index < -0.39 is 0 Å². The largest absolute Gasteiger partial charge is 0.324 e. The molecule has 1 atom stereocenters. The number of halogens is 2. The van der Waals surface area contributed by atoms with Crippen molar-refractivity contribution in [2.75, 3.05) is 0 Å². The van der Waals surface area contributed by atoms with E-state index in [0.717, 1.165) is 10.4 Å². The van der Waals surface area contributed by atoms with Crippen molar-refractivity contribution < 1.29 is 0 Å². The molecule has 1 aromatic carbocycles. The van der Waals surface area contributed by atoms with Gasteiger partial charge >= 0.3 is 0 Å². The minimum absolute atomic E-state index is 0.226. The zero-order valence-corrected chi connectivity index (χ0v) is 10.9. The monoisotopic (exact) mass is 351 g/mol. The van der Waals surface area contributed by atoms with E-state index in [1.54, 1.807) is 0 Å². The molecule has 1 nitrogen and oxygen atoms in total. The number of hydrogen-bond donors (Lipinski definition) is 1. The SMILES string of the molecule is N[C@H](c1cc(I)ccc1Br)C1CC1. The Balaban J connectivity index is 2.31. The second kappa shape index (κ2) is 3.87. The van der Waals surface area contributed by atoms with Crippen molar-refractivity contribution in [2.24, 2.45) is 11.7 Å². The predicted molar refractivity (Wildman–Crippen MR) is 66.5 cm³/mol. The van der Waals surface area contributed by atoms with Crippen molar-refractivity contribution in [1.82, 2.24) is 0 Å². The smallest absolute Gasteiger partial charge is 0.0335 e. The number of hydrogen-bond acceptors (Lipinski definition) is 1. The highest BCUT2D eigenvalue weighted by Crippen LogP contribution is 2.41. The molecule has 1 fully saturated rings. The van der Waals surface area contributed by atoms with Crippen LogP contribution in [0.4, 0.5) is 0 Å². The van der Waals surface area contributed by atoms with Gasteiger partial charge in [-0.3, -0.25) is 0 Å². The van der Waals surface area contributed by atoms with E-state index in [4.69, 9.17) is 5.73 Å². The molecule has 13 heavy (non-hydrogen) atoms. The fourth-order valence-electron chi connectivity index (χ4n) is 1.48. The quantitative estimate of drug-likeness (QED) is 0.811. The third kappa shape index (κ3) is 2.25. The zero-order chi connectivity index (χ0) is 9.42. The lowest BCUT2D eigenvalue weighted by molar-refractivity contribution is 0.630. The number of benzene rings is 1. The Kier molecular flexibility index (Phi) is 2.95. The highest BCUT2D eigenvalue weighted by molar-refractivity contribution is 14.1. The van der Waals surface area contributed by atoms with Crippen LogP contribution in [0.1, 0.15) is 24.4 Å². The molecule has 1 saturated carbocycles. The summed E-state index contributed by atoms with van der Waals surface area (Å²) in [7, 11) is 0. The lowest BCUT2D eigenvalue weighted by atomic mass is 10.0. The van der Waals surface area contributed by atoms with Crippen LogP contribution in [-0.4, -0.2) is 0 Å². The minimum atomic E-state index is 0.226. The van der Waals surface area contributed by atoms with E-state index in [-0.39, 0.29) is 6.04 Å². The van der Waals surface area contributed by atoms with Gasteiger partial charge in [-0.25, -0.2) is 0 Å². The van der Waals surface area contributed by atoms with Crippen molar-refractivity contribution in [3.05, 3.63) is 31.8 Å². The van der Waals surface area contributed by atoms with E-state index in [0.29, 0.717) is 0 Å². The molecule has 0 heterocycles. The van der Waals surface area contributed by atoms with Crippen LogP contribution in [-0.2, 0) is 0 Å². The van der Waals surface area contributed by atoms with Crippen LogP contribution in [0.3, 0.4) is 0 Å². The number of rotatable bonds is 2. The maximum atomic E-state index is 6.14. The Morgan fingerprint density at radius 3 is 2.77 bits per heavy atom. The lowest BCUT2D eigenvalue weighted by Crippen LogP contribution is -2.13. The molecule has 2 N–H and O–H groups in total. The van der Waals surface area contributed by atoms with Gasteiger partial charge in [-0.2, -0.15) is 0 Å². The topological polar surface area (TPSA) is 26.0 Å². The molecule has 0 unspecified atom stereocenters. The second-order valence-corrected chi connectivity index (χ2v) is 5.63. The fraction of sp³-hybridized carbons (Fsp3) is 0.400. The first-order valence-electron chi connectivity index (χ1n) is 4.39. The number of nitrogens with two attached hydrogens (primary N) is 1. The van der Waals surface area contributed by atoms with Crippen molar-refractivity contribution in [3.63, 3.8) is 0 Å². The highest BCUT2D eigenvalue weighted by Gasteiger charge is 2.30. The maximum Gasteiger partial charge on any atom is 0.0335 e. The van der Waals surface area contributed by atoms with Crippen molar-refractivity contribution in [1.29, 1.82) is 0 Å². The Labute approximate surface area is 100 Å². The molecule has 1 aliphatic carbocycles. The summed E-state index contributed by atoms with van der Waals surface area (Å²) >= 11 is 5.87. The van der Waals surface area contributed by atoms with Crippen LogP contribution >= 0.6 is 38.5 Å². The van der Waals surface area contributed by atoms with Gasteiger partial charge < -0.3 is 5.73 Å². The second-order valence-electron chi connectivity index (χ2n) is 3.53. The van der Waals surface area contributed by atoms with E-state index in [1.165, 1.54) is 22.0 Å². The molecule has 2 rings (SSSR count). The van der Waals surface area contributed by atoms with E-state index in [2.05, 4.69) is 56.7 Å². The van der Waals surface area contributed by atoms with E-state index in [9.17, 15) is 0 Å². The highest BCUT2D eigenvalue weighted by atomic mass is 127. The Morgan fingerprint density at radius 2 is 2.15 bits per heavy atom. The Bertz CT molecular complexity index is 323. The van der Waals surface area contributed by atoms with Gasteiger partial charge in [0.05, 0.1) is 0 Å². The molecule has 0 spiro atoms. The van der Waals surface area contributed by atoms with Gasteiger partial charge in [0.25, 0.3) is 0 Å². The summed E-state index contributed by atoms with van der Waals surface area (Å²) in [6.45, 7) is 0. The summed E-state index contributed by atoms with van der Waals surface area (Å²) in [6, 6.07) is 6.57. The normalized spacial score (nSPS) is 18.7. The molecule has 0 amide bonds. The van der Waals surface area contributed by atoms with E-state index >= 15 is 0 Å². The third-order valence-corrected chi connectivity index (χ3v) is 3.84. The average Bonchev–Trinajstić information content (AvgIpc) is 2.91. The van der Waals surface area contributed by atoms with Crippen molar-refractivity contribution in [2.45, 2.75) is 18.9 Å². The third-order valence-electron chi connectivity index (χ3n) is 2.45. The summed E-state index contributed by atoms with van der Waals surface area (Å²) in [5, 5.41) is 0. The van der Waals surface area contributed by atoms with Gasteiger partial charge in [0, 0.05) is 14.1 Å². The first-order valence-corrected chi connectivity index (χ1v) is 6.26. The molecule has 3 heteroatoms. The molecule has 0 aromatic heterocycles. The molecule has 1 aromatic rings. The van der Waals surface area contributed by atoms with E-state index in [1.807, 2.05) is 0 Å². The van der Waals surface area contributed by atoms with Gasteiger partial charge in [0.1, 0.15) is 0 Å². The van der Waals surface area contributed by atoms with Crippen LogP contribution < -0.4 is 5.73 Å². The zero-order valence-electron chi connectivity index (χ0n) is 7.13. The van der Waals surface area contributed by atoms with Crippen LogP contribution in [0.25, 0.3) is 0 Å². The van der Waals surface area contributed by atoms with Crippen LogP contribution in [0.2, 0.25) is 0 Å². The molecule has 0 saturated heterocycles. The van der Waals surface area contributed by atoms with Crippen LogP contribution in [0.5, 0.6) is 0 Å². The van der Waals surface area contributed by atoms with Gasteiger partial charge in [0.2, 0.25) is 0 Å². The fourth-order valence-corrected chi connectivity index (χ4v) is 2.51. The molecular weight excluding hydrogens is 341 g/mol. The molecule has 1 aliphatic rings. The molecular formula is C10H11BrIN. The van der Waals surface area contributed by atoms with Gasteiger partial charge in [-0.05, 0) is 65.1 Å². The van der Waals surface area contributed by atoms with Crippen LogP contribution in [0.15, 0.2) is 22.7 Å². The van der Waals surface area contributed by atoms with Gasteiger partial charge in [-0.15, -0.1) is 0 Å². The van der Waals surface area contributed by atoms with Crippen LogP contribution in [0, 0.1) is 9.49 Å². The minimum Gasteiger partial charge on any atom is -0.324 e. The summed E-state index contributed by atoms with van der Waals surface area (Å²) in [5.41, 5.74) is 7.40. The Hall–Kier alpha value is 0.390. The maximum absolute atomic E-state index is 6.14. The predicted octanol–water partition coefficient (Wildman–Crippen LogP) is 3.46. The van der Waals surface area contributed by atoms with Gasteiger partial charge in [0.15, 0.2) is 0 Å². The summed E-state index contributed by atoms with van der Waals surface area (Å²) in [5.74, 6) is 0.717. The van der Waals surface area contributed by atoms with Crippen molar-refractivity contribution >= 4 is 38.5 Å². The summed E-state index contributed by atoms with van der Waals surface area (Å²) in [4.78, 5) is 0. The first kappa shape index (κ1) is 9.93. The molecule has 0 aliphatic heterocycles. The van der Waals surface area contributed by atoms with Gasteiger partial charge in [-0.1, -0.05) is 15.9 Å². The molecule has 70 valence electrons.